The van der Waals surface area contributed by atoms with Crippen LogP contribution < -0.4 is 25.8 Å². The monoisotopic (exact) mass is 466 g/mol. The zero-order valence-electron chi connectivity index (χ0n) is 19.2. The average molecular weight is 467 g/mol. The number of benzene rings is 2. The Morgan fingerprint density at radius 3 is 2.68 bits per heavy atom. The maximum absolute atomic E-state index is 14.3. The summed E-state index contributed by atoms with van der Waals surface area (Å²) in [6.45, 7) is 5.70. The van der Waals surface area contributed by atoms with Gasteiger partial charge in [0.05, 0.1) is 17.8 Å². The Balaban J connectivity index is 2.02. The highest BCUT2D eigenvalue weighted by atomic mass is 19.1. The van der Waals surface area contributed by atoms with Crippen molar-refractivity contribution in [3.05, 3.63) is 54.1 Å². The van der Waals surface area contributed by atoms with Crippen LogP contribution in [0.4, 0.5) is 10.2 Å². The number of amides is 1. The number of nitrogens with two attached hydrogens (primary N) is 1. The lowest BCUT2D eigenvalue weighted by Crippen LogP contribution is -2.34. The minimum atomic E-state index is -0.612. The summed E-state index contributed by atoms with van der Waals surface area (Å²) in [5.41, 5.74) is 6.99. The first-order valence-electron chi connectivity index (χ1n) is 10.7. The molecule has 0 aliphatic rings. The van der Waals surface area contributed by atoms with Gasteiger partial charge in [-0.05, 0) is 57.2 Å². The Labute approximate surface area is 196 Å². The van der Waals surface area contributed by atoms with Crippen LogP contribution in [0.1, 0.15) is 20.8 Å². The number of hydrogen-bond acceptors (Lipinski definition) is 8. The smallest absolute Gasteiger partial charge is 0.258 e. The number of fused-ring (bicyclic) bond motifs is 1. The molecule has 0 spiro atoms. The molecule has 5 N–H and O–H groups in total. The van der Waals surface area contributed by atoms with Crippen LogP contribution in [-0.4, -0.2) is 41.3 Å². The summed E-state index contributed by atoms with van der Waals surface area (Å²) < 4.78 is 25.3. The van der Waals surface area contributed by atoms with Crippen LogP contribution in [0.3, 0.4) is 0 Å². The second kappa shape index (κ2) is 11.1. The Kier molecular flexibility index (Phi) is 7.96. The minimum Gasteiger partial charge on any atom is -0.494 e. The van der Waals surface area contributed by atoms with Gasteiger partial charge >= 0.3 is 0 Å². The van der Waals surface area contributed by atoms with Gasteiger partial charge in [-0.15, -0.1) is 0 Å². The van der Waals surface area contributed by atoms with Crippen molar-refractivity contribution in [3.8, 4) is 22.9 Å². The van der Waals surface area contributed by atoms with E-state index in [0.717, 1.165) is 6.21 Å². The van der Waals surface area contributed by atoms with Crippen molar-refractivity contribution in [3.63, 3.8) is 0 Å². The molecule has 9 nitrogen and oxygen atoms in total. The van der Waals surface area contributed by atoms with Gasteiger partial charge in [0.2, 0.25) is 0 Å². The number of anilines is 1. The molecule has 1 heterocycles. The zero-order chi connectivity index (χ0) is 24.7. The van der Waals surface area contributed by atoms with Crippen molar-refractivity contribution in [2.75, 3.05) is 18.5 Å². The molecular weight excluding hydrogens is 439 g/mol. The third-order valence-corrected chi connectivity index (χ3v) is 4.57. The van der Waals surface area contributed by atoms with E-state index in [1.807, 2.05) is 20.8 Å². The highest BCUT2D eigenvalue weighted by Crippen LogP contribution is 2.31. The lowest BCUT2D eigenvalue weighted by molar-refractivity contribution is -0.123. The summed E-state index contributed by atoms with van der Waals surface area (Å²) in [6, 6.07) is 9.49. The van der Waals surface area contributed by atoms with Gasteiger partial charge < -0.3 is 31.3 Å². The first-order valence-corrected chi connectivity index (χ1v) is 10.7. The Morgan fingerprint density at radius 1 is 1.21 bits per heavy atom. The SMILES string of the molecule is CCOc1ccc2nc(-c3ccc(F)c(OCC(=O)NC(C)C)c3)nc(N/C(C=N)=C/N)c2c1. The molecule has 1 amide bonds. The molecule has 0 atom stereocenters. The van der Waals surface area contributed by atoms with Gasteiger partial charge in [-0.2, -0.15) is 0 Å². The van der Waals surface area contributed by atoms with Crippen LogP contribution in [0.15, 0.2) is 48.3 Å². The van der Waals surface area contributed by atoms with Crippen LogP contribution in [0.5, 0.6) is 11.5 Å². The lowest BCUT2D eigenvalue weighted by atomic mass is 10.1. The molecule has 0 radical (unpaired) electrons. The second-order valence-electron chi connectivity index (χ2n) is 7.56. The molecule has 0 bridgehead atoms. The molecule has 0 unspecified atom stereocenters. The molecule has 0 aliphatic carbocycles. The van der Waals surface area contributed by atoms with E-state index in [4.69, 9.17) is 20.6 Å². The summed E-state index contributed by atoms with van der Waals surface area (Å²) in [5.74, 6) is 0.259. The second-order valence-corrected chi connectivity index (χ2v) is 7.56. The summed E-state index contributed by atoms with van der Waals surface area (Å²) in [7, 11) is 0. The topological polar surface area (TPSA) is 135 Å². The van der Waals surface area contributed by atoms with Crippen molar-refractivity contribution < 1.29 is 18.7 Å². The van der Waals surface area contributed by atoms with Gasteiger partial charge in [-0.1, -0.05) is 0 Å². The number of allylic oxidation sites excluding steroid dienone is 1. The van der Waals surface area contributed by atoms with Crippen molar-refractivity contribution in [1.29, 1.82) is 5.41 Å². The number of nitrogens with one attached hydrogen (secondary N) is 3. The van der Waals surface area contributed by atoms with Crippen LogP contribution in [0.25, 0.3) is 22.3 Å². The quantitative estimate of drug-likeness (QED) is 0.335. The Morgan fingerprint density at radius 2 is 2.00 bits per heavy atom. The molecule has 2 aromatic carbocycles. The predicted molar refractivity (Wildman–Crippen MR) is 130 cm³/mol. The third-order valence-electron chi connectivity index (χ3n) is 4.57. The Hall–Kier alpha value is -4.21. The standard InChI is InChI=1S/C24H27FN6O3/c1-4-33-17-6-8-20-18(10-17)24(29-16(11-26)12-27)31-23(30-20)15-5-7-19(25)21(9-15)34-13-22(32)28-14(2)3/h5-12,14,26H,4,13,27H2,1-3H3,(H,28,32)(H,29,30,31)/b16-12+,26-11?. The molecule has 3 aromatic rings. The fraction of sp³-hybridized carbons (Fsp3) is 0.250. The van der Waals surface area contributed by atoms with Crippen molar-refractivity contribution in [2.45, 2.75) is 26.8 Å². The summed E-state index contributed by atoms with van der Waals surface area (Å²) in [6.07, 6.45) is 2.31. The molecule has 0 aliphatic heterocycles. The van der Waals surface area contributed by atoms with Gasteiger partial charge in [-0.25, -0.2) is 14.4 Å². The predicted octanol–water partition coefficient (Wildman–Crippen LogP) is 3.60. The van der Waals surface area contributed by atoms with Crippen LogP contribution >= 0.6 is 0 Å². The number of rotatable bonds is 10. The molecule has 1 aromatic heterocycles. The molecule has 10 heteroatoms. The largest absolute Gasteiger partial charge is 0.494 e. The molecule has 0 fully saturated rings. The lowest BCUT2D eigenvalue weighted by Gasteiger charge is -2.14. The summed E-state index contributed by atoms with van der Waals surface area (Å²) >= 11 is 0. The molecular formula is C24H27FN6O3. The normalized spacial score (nSPS) is 11.4. The molecule has 34 heavy (non-hydrogen) atoms. The van der Waals surface area contributed by atoms with E-state index >= 15 is 0 Å². The summed E-state index contributed by atoms with van der Waals surface area (Å²) in [5, 5.41) is 13.9. The number of halogens is 1. The maximum Gasteiger partial charge on any atom is 0.258 e. The first kappa shape index (κ1) is 24.4. The Bertz CT molecular complexity index is 1230. The van der Waals surface area contributed by atoms with E-state index in [9.17, 15) is 9.18 Å². The third kappa shape index (κ3) is 5.97. The van der Waals surface area contributed by atoms with Crippen LogP contribution in [0, 0.1) is 11.2 Å². The number of aromatic nitrogens is 2. The van der Waals surface area contributed by atoms with E-state index in [1.165, 1.54) is 24.4 Å². The molecule has 3 rings (SSSR count). The van der Waals surface area contributed by atoms with Crippen molar-refractivity contribution in [1.82, 2.24) is 15.3 Å². The molecule has 0 saturated carbocycles. The maximum atomic E-state index is 14.3. The van der Waals surface area contributed by atoms with E-state index in [1.54, 1.807) is 18.2 Å². The van der Waals surface area contributed by atoms with Crippen molar-refractivity contribution in [2.24, 2.45) is 5.73 Å². The average Bonchev–Trinajstić information content (AvgIpc) is 2.81. The van der Waals surface area contributed by atoms with Gasteiger partial charge in [-0.3, -0.25) is 4.79 Å². The minimum absolute atomic E-state index is 0.0547. The van der Waals surface area contributed by atoms with E-state index in [-0.39, 0.29) is 30.1 Å². The fourth-order valence-electron chi connectivity index (χ4n) is 3.11. The van der Waals surface area contributed by atoms with Crippen molar-refractivity contribution >= 4 is 28.8 Å². The number of nitrogens with zero attached hydrogens (tertiary/aromatic N) is 2. The van der Waals surface area contributed by atoms with E-state index < -0.39 is 5.82 Å². The zero-order valence-corrected chi connectivity index (χ0v) is 19.2. The summed E-state index contributed by atoms with van der Waals surface area (Å²) in [4.78, 5) is 21.1. The molecule has 0 saturated heterocycles. The van der Waals surface area contributed by atoms with Gasteiger partial charge in [0.1, 0.15) is 11.6 Å². The fourth-order valence-corrected chi connectivity index (χ4v) is 3.11. The van der Waals surface area contributed by atoms with Gasteiger partial charge in [0, 0.05) is 29.4 Å². The highest BCUT2D eigenvalue weighted by molar-refractivity contribution is 5.94. The highest BCUT2D eigenvalue weighted by Gasteiger charge is 2.15. The van der Waals surface area contributed by atoms with Crippen LogP contribution in [-0.2, 0) is 4.79 Å². The number of carbonyl (C=O) groups is 1. The number of ether oxygens (including phenoxy) is 2. The number of carbonyl (C=O) groups excluding carboxylic acids is 1. The van der Waals surface area contributed by atoms with Gasteiger partial charge in [0.25, 0.3) is 5.91 Å². The van der Waals surface area contributed by atoms with Gasteiger partial charge in [0.15, 0.2) is 24.0 Å². The van der Waals surface area contributed by atoms with Crippen LogP contribution in [0.2, 0.25) is 0 Å². The van der Waals surface area contributed by atoms with E-state index in [2.05, 4.69) is 20.6 Å². The molecule has 178 valence electrons. The van der Waals surface area contributed by atoms with E-state index in [0.29, 0.717) is 40.3 Å². The first-order chi connectivity index (χ1) is 16.3. The number of hydrogen-bond donors (Lipinski definition) is 4.